The first kappa shape index (κ1) is 19.6. The zero-order chi connectivity index (χ0) is 20.4. The fraction of sp³-hybridized carbons (Fsp3) is 0.182. The molecule has 1 saturated carbocycles. The molecule has 3 aromatic rings. The van der Waals surface area contributed by atoms with Gasteiger partial charge < -0.3 is 0 Å². The zero-order valence-electron chi connectivity index (χ0n) is 15.5. The van der Waals surface area contributed by atoms with Crippen LogP contribution in [0.25, 0.3) is 0 Å². The van der Waals surface area contributed by atoms with Crippen molar-refractivity contribution in [2.75, 3.05) is 4.72 Å². The molecule has 1 aromatic heterocycles. The third kappa shape index (κ3) is 4.18. The van der Waals surface area contributed by atoms with E-state index in [1.807, 2.05) is 12.1 Å². The highest BCUT2D eigenvalue weighted by atomic mass is 35.5. The number of hydrogen-bond acceptors (Lipinski definition) is 4. The van der Waals surface area contributed by atoms with Gasteiger partial charge >= 0.3 is 0 Å². The number of aromatic nitrogens is 1. The van der Waals surface area contributed by atoms with Crippen LogP contribution in [0.1, 0.15) is 46.7 Å². The molecule has 1 fully saturated rings. The van der Waals surface area contributed by atoms with Gasteiger partial charge in [0.15, 0.2) is 11.6 Å². The van der Waals surface area contributed by atoms with Gasteiger partial charge in [-0.15, -0.1) is 0 Å². The van der Waals surface area contributed by atoms with Crippen LogP contribution in [-0.4, -0.2) is 19.2 Å². The monoisotopic (exact) mass is 426 g/mol. The molecule has 0 unspecified atom stereocenters. The lowest BCUT2D eigenvalue weighted by Gasteiger charge is -2.25. The Morgan fingerprint density at radius 1 is 1.03 bits per heavy atom. The van der Waals surface area contributed by atoms with Crippen molar-refractivity contribution < 1.29 is 13.2 Å². The third-order valence-electron chi connectivity index (χ3n) is 5.13. The maximum Gasteiger partial charge on any atom is 0.263 e. The standard InChI is InChI=1S/C22H19ClN2O3S/c23-18-13-20(21(26)17-5-2-1-3-6-17)22(24-14-18)25-29(27,28)19-11-9-16(10-12-19)15-7-4-8-15/h1-3,5-6,9-15H,4,7-8H2,(H,24,25). The van der Waals surface area contributed by atoms with Crippen LogP contribution in [-0.2, 0) is 10.0 Å². The van der Waals surface area contributed by atoms with Gasteiger partial charge in [-0.1, -0.05) is 60.5 Å². The van der Waals surface area contributed by atoms with Gasteiger partial charge in [-0.25, -0.2) is 13.4 Å². The average molecular weight is 427 g/mol. The highest BCUT2D eigenvalue weighted by Crippen LogP contribution is 2.36. The van der Waals surface area contributed by atoms with E-state index in [4.69, 9.17) is 11.6 Å². The Morgan fingerprint density at radius 3 is 2.34 bits per heavy atom. The molecule has 2 aromatic carbocycles. The van der Waals surface area contributed by atoms with Crippen molar-refractivity contribution in [1.82, 2.24) is 4.98 Å². The molecule has 0 spiro atoms. The molecule has 0 bridgehead atoms. The molecule has 1 aliphatic carbocycles. The Morgan fingerprint density at radius 2 is 1.72 bits per heavy atom. The normalized spacial score (nSPS) is 14.2. The Kier molecular flexibility index (Phi) is 5.39. The van der Waals surface area contributed by atoms with Gasteiger partial charge in [0.25, 0.3) is 10.0 Å². The van der Waals surface area contributed by atoms with Crippen LogP contribution in [0.5, 0.6) is 0 Å². The number of carbonyl (C=O) groups is 1. The summed E-state index contributed by atoms with van der Waals surface area (Å²) in [6, 6.07) is 16.9. The van der Waals surface area contributed by atoms with Crippen LogP contribution in [0.3, 0.4) is 0 Å². The van der Waals surface area contributed by atoms with E-state index in [0.717, 1.165) is 18.4 Å². The van der Waals surface area contributed by atoms with E-state index in [2.05, 4.69) is 9.71 Å². The molecule has 29 heavy (non-hydrogen) atoms. The number of pyridine rings is 1. The molecule has 1 N–H and O–H groups in total. The topological polar surface area (TPSA) is 76.1 Å². The number of ketones is 1. The summed E-state index contributed by atoms with van der Waals surface area (Å²) in [5.74, 6) is 0.109. The smallest absolute Gasteiger partial charge is 0.263 e. The van der Waals surface area contributed by atoms with E-state index in [0.29, 0.717) is 11.5 Å². The lowest BCUT2D eigenvalue weighted by Crippen LogP contribution is -2.17. The largest absolute Gasteiger partial charge is 0.288 e. The van der Waals surface area contributed by atoms with Gasteiger partial charge in [-0.3, -0.25) is 9.52 Å². The summed E-state index contributed by atoms with van der Waals surface area (Å²) in [6.45, 7) is 0. The van der Waals surface area contributed by atoms with Crippen molar-refractivity contribution in [1.29, 1.82) is 0 Å². The molecular weight excluding hydrogens is 408 g/mol. The fourth-order valence-corrected chi connectivity index (χ4v) is 4.47. The number of halogens is 1. The molecule has 4 rings (SSSR count). The van der Waals surface area contributed by atoms with Gasteiger partial charge in [0.05, 0.1) is 15.5 Å². The summed E-state index contributed by atoms with van der Waals surface area (Å²) < 4.78 is 28.2. The molecule has 5 nitrogen and oxygen atoms in total. The van der Waals surface area contributed by atoms with Crippen LogP contribution < -0.4 is 4.72 Å². The third-order valence-corrected chi connectivity index (χ3v) is 6.69. The molecule has 0 radical (unpaired) electrons. The van der Waals surface area contributed by atoms with E-state index in [-0.39, 0.29) is 27.1 Å². The van der Waals surface area contributed by atoms with Crippen molar-refractivity contribution in [3.8, 4) is 0 Å². The first-order chi connectivity index (χ1) is 13.9. The minimum absolute atomic E-state index is 0.0497. The molecular formula is C22H19ClN2O3S. The van der Waals surface area contributed by atoms with Crippen molar-refractivity contribution >= 4 is 33.2 Å². The Labute approximate surface area is 174 Å². The lowest BCUT2D eigenvalue weighted by atomic mass is 9.80. The van der Waals surface area contributed by atoms with Crippen molar-refractivity contribution in [3.05, 3.63) is 88.6 Å². The summed E-state index contributed by atoms with van der Waals surface area (Å²) >= 11 is 6.01. The molecule has 7 heteroatoms. The molecule has 1 aliphatic rings. The first-order valence-corrected chi connectivity index (χ1v) is 11.2. The molecule has 0 amide bonds. The van der Waals surface area contributed by atoms with Crippen LogP contribution in [0.4, 0.5) is 5.82 Å². The number of hydrogen-bond donors (Lipinski definition) is 1. The van der Waals surface area contributed by atoms with Gasteiger partial charge in [-0.05, 0) is 42.5 Å². The number of sulfonamides is 1. The second kappa shape index (κ2) is 7.97. The highest BCUT2D eigenvalue weighted by Gasteiger charge is 2.23. The molecule has 0 atom stereocenters. The predicted octanol–water partition coefficient (Wildman–Crippen LogP) is 5.03. The number of nitrogens with zero attached hydrogens (tertiary/aromatic N) is 1. The summed E-state index contributed by atoms with van der Waals surface area (Å²) in [6.07, 6.45) is 4.81. The summed E-state index contributed by atoms with van der Waals surface area (Å²) in [7, 11) is -3.90. The predicted molar refractivity (Wildman–Crippen MR) is 113 cm³/mol. The summed E-state index contributed by atoms with van der Waals surface area (Å²) in [5.41, 5.74) is 1.67. The molecule has 148 valence electrons. The Bertz CT molecular complexity index is 1140. The maximum absolute atomic E-state index is 12.9. The summed E-state index contributed by atoms with van der Waals surface area (Å²) in [4.78, 5) is 17.0. The van der Waals surface area contributed by atoms with Crippen LogP contribution in [0.2, 0.25) is 5.02 Å². The SMILES string of the molecule is O=C(c1ccccc1)c1cc(Cl)cnc1NS(=O)(=O)c1ccc(C2CCC2)cc1. The first-order valence-electron chi connectivity index (χ1n) is 9.32. The van der Waals surface area contributed by atoms with Gasteiger partial charge in [0.1, 0.15) is 0 Å². The molecule has 0 saturated heterocycles. The number of carbonyl (C=O) groups excluding carboxylic acids is 1. The number of anilines is 1. The van der Waals surface area contributed by atoms with Gasteiger partial charge in [-0.2, -0.15) is 0 Å². The maximum atomic E-state index is 12.9. The summed E-state index contributed by atoms with van der Waals surface area (Å²) in [5, 5.41) is 0.247. The van der Waals surface area contributed by atoms with Crippen LogP contribution in [0, 0.1) is 0 Å². The van der Waals surface area contributed by atoms with Crippen LogP contribution in [0.15, 0.2) is 71.8 Å². The Hall–Kier alpha value is -2.70. The number of benzene rings is 2. The van der Waals surface area contributed by atoms with E-state index >= 15 is 0 Å². The minimum atomic E-state index is -3.90. The van der Waals surface area contributed by atoms with E-state index in [9.17, 15) is 13.2 Å². The van der Waals surface area contributed by atoms with Crippen molar-refractivity contribution in [3.63, 3.8) is 0 Å². The quantitative estimate of drug-likeness (QED) is 0.560. The van der Waals surface area contributed by atoms with Crippen molar-refractivity contribution in [2.24, 2.45) is 0 Å². The van der Waals surface area contributed by atoms with Crippen molar-refractivity contribution in [2.45, 2.75) is 30.1 Å². The second-order valence-electron chi connectivity index (χ2n) is 7.05. The minimum Gasteiger partial charge on any atom is -0.288 e. The number of nitrogens with one attached hydrogen (secondary N) is 1. The second-order valence-corrected chi connectivity index (χ2v) is 9.17. The van der Waals surface area contributed by atoms with Gasteiger partial charge in [0, 0.05) is 11.8 Å². The highest BCUT2D eigenvalue weighted by molar-refractivity contribution is 7.92. The fourth-order valence-electron chi connectivity index (χ4n) is 3.29. The van der Waals surface area contributed by atoms with E-state index in [1.165, 1.54) is 18.7 Å². The van der Waals surface area contributed by atoms with E-state index < -0.39 is 10.0 Å². The molecule has 0 aliphatic heterocycles. The van der Waals surface area contributed by atoms with E-state index in [1.54, 1.807) is 42.5 Å². The van der Waals surface area contributed by atoms with Crippen LogP contribution >= 0.6 is 11.6 Å². The zero-order valence-corrected chi connectivity index (χ0v) is 17.1. The number of rotatable bonds is 6. The molecule has 1 heterocycles. The average Bonchev–Trinajstić information content (AvgIpc) is 2.68. The Balaban J connectivity index is 1.64. The van der Waals surface area contributed by atoms with Gasteiger partial charge in [0.2, 0.25) is 0 Å². The lowest BCUT2D eigenvalue weighted by molar-refractivity contribution is 0.103.